The van der Waals surface area contributed by atoms with Crippen molar-refractivity contribution in [2.45, 2.75) is 36.1 Å². The summed E-state index contributed by atoms with van der Waals surface area (Å²) in [5.41, 5.74) is -0.369. The maximum atomic E-state index is 12.7. The van der Waals surface area contributed by atoms with Crippen LogP contribution >= 0.6 is 0 Å². The summed E-state index contributed by atoms with van der Waals surface area (Å²) in [6.45, 7) is 0.647. The molecule has 2 aliphatic heterocycles. The third-order valence-corrected chi connectivity index (χ3v) is 7.11. The van der Waals surface area contributed by atoms with Crippen LogP contribution in [0.4, 0.5) is 0 Å². The molecule has 2 saturated heterocycles. The number of carboxylic acids is 2. The Balaban J connectivity index is 2.10. The summed E-state index contributed by atoms with van der Waals surface area (Å²) in [4.78, 5) is 35.1. The lowest BCUT2D eigenvalue weighted by Crippen LogP contribution is -2.58. The largest absolute Gasteiger partial charge is 0.480 e. The van der Waals surface area contributed by atoms with Crippen LogP contribution in [0.15, 0.2) is 6.20 Å². The molecule has 1 aromatic rings. The van der Waals surface area contributed by atoms with Crippen LogP contribution in [0.3, 0.4) is 0 Å². The van der Waals surface area contributed by atoms with Gasteiger partial charge in [0.15, 0.2) is 21.6 Å². The van der Waals surface area contributed by atoms with Crippen molar-refractivity contribution >= 4 is 27.7 Å². The number of fused-ring (bicyclic) bond motifs is 1. The van der Waals surface area contributed by atoms with E-state index in [4.69, 9.17) is 5.11 Å². The van der Waals surface area contributed by atoms with E-state index in [1.165, 1.54) is 6.92 Å². The molecule has 0 unspecified atom stereocenters. The van der Waals surface area contributed by atoms with Gasteiger partial charge in [-0.3, -0.25) is 4.79 Å². The fraction of sp³-hybridized carbons (Fsp3) is 0.545. The highest BCUT2D eigenvalue weighted by Gasteiger charge is 2.70. The molecule has 0 radical (unpaired) electrons. The molecule has 124 valence electrons. The molecule has 2 fully saturated rings. The lowest BCUT2D eigenvalue weighted by molar-refractivity contribution is -0.157. The van der Waals surface area contributed by atoms with Crippen LogP contribution in [0, 0.1) is 0 Å². The van der Waals surface area contributed by atoms with Crippen LogP contribution in [-0.4, -0.2) is 72.5 Å². The molecule has 0 aromatic carbocycles. The van der Waals surface area contributed by atoms with Gasteiger partial charge in [0.05, 0.1) is 19.2 Å². The smallest absolute Gasteiger partial charge is 0.355 e. The highest BCUT2D eigenvalue weighted by molar-refractivity contribution is 7.93. The molecule has 23 heavy (non-hydrogen) atoms. The van der Waals surface area contributed by atoms with E-state index in [9.17, 15) is 27.9 Å². The van der Waals surface area contributed by atoms with Crippen molar-refractivity contribution in [1.29, 1.82) is 0 Å². The molecule has 2 N–H and O–H groups in total. The van der Waals surface area contributed by atoms with Gasteiger partial charge >= 0.3 is 11.9 Å². The summed E-state index contributed by atoms with van der Waals surface area (Å²) in [5.74, 6) is -3.41. The lowest BCUT2D eigenvalue weighted by Gasteiger charge is -2.35. The first-order valence-corrected chi connectivity index (χ1v) is 8.05. The number of sulfone groups is 1. The van der Waals surface area contributed by atoms with Gasteiger partial charge in [0, 0.05) is 0 Å². The van der Waals surface area contributed by atoms with Gasteiger partial charge in [-0.15, -0.1) is 5.10 Å². The molecule has 0 bridgehead atoms. The fourth-order valence-electron chi connectivity index (χ4n) is 3.13. The Morgan fingerprint density at radius 2 is 2.09 bits per heavy atom. The number of aromatic carboxylic acids is 1. The van der Waals surface area contributed by atoms with Crippen molar-refractivity contribution in [3.05, 3.63) is 11.9 Å². The van der Waals surface area contributed by atoms with Crippen molar-refractivity contribution in [3.8, 4) is 0 Å². The predicted molar refractivity (Wildman–Crippen MR) is 71.0 cm³/mol. The van der Waals surface area contributed by atoms with E-state index in [1.54, 1.807) is 0 Å². The number of aliphatic carboxylic acids is 1. The SMILES string of the molecule is C[C@]1(Cn2nncc2C(=O)O)[C@H](C(=O)O)N2C(=O)C[C@H]2S1(=O)=O. The van der Waals surface area contributed by atoms with Crippen molar-refractivity contribution in [2.75, 3.05) is 0 Å². The Kier molecular flexibility index (Phi) is 3.01. The number of hydrogen-bond donors (Lipinski definition) is 2. The van der Waals surface area contributed by atoms with E-state index >= 15 is 0 Å². The van der Waals surface area contributed by atoms with E-state index in [0.29, 0.717) is 0 Å². The minimum atomic E-state index is -4.03. The fourth-order valence-corrected chi connectivity index (χ4v) is 5.48. The molecule has 2 aliphatic rings. The summed E-state index contributed by atoms with van der Waals surface area (Å²) in [7, 11) is -4.03. The molecular formula is C11H12N4O7S. The molecule has 11 nitrogen and oxygen atoms in total. The first kappa shape index (κ1) is 15.4. The monoisotopic (exact) mass is 344 g/mol. The number of rotatable bonds is 4. The second-order valence-electron chi connectivity index (χ2n) is 5.64. The number of β-lactam (4-membered cyclic amide) rings is 1. The average Bonchev–Trinajstić information content (AvgIpc) is 2.92. The Hall–Kier alpha value is -2.50. The minimum Gasteiger partial charge on any atom is -0.480 e. The van der Waals surface area contributed by atoms with Crippen LogP contribution in [0.25, 0.3) is 0 Å². The quantitative estimate of drug-likeness (QED) is 0.599. The van der Waals surface area contributed by atoms with Crippen LogP contribution in [0.2, 0.25) is 0 Å². The van der Waals surface area contributed by atoms with Gasteiger partial charge in [-0.1, -0.05) is 5.21 Å². The van der Waals surface area contributed by atoms with Gasteiger partial charge in [0.1, 0.15) is 10.1 Å². The topological polar surface area (TPSA) is 160 Å². The van der Waals surface area contributed by atoms with Crippen molar-refractivity contribution < 1.29 is 33.0 Å². The summed E-state index contributed by atoms with van der Waals surface area (Å²) in [6.07, 6.45) is 0.661. The summed E-state index contributed by atoms with van der Waals surface area (Å²) < 4.78 is 24.3. The zero-order valence-electron chi connectivity index (χ0n) is 11.8. The Morgan fingerprint density at radius 1 is 1.43 bits per heavy atom. The van der Waals surface area contributed by atoms with Crippen LogP contribution < -0.4 is 0 Å². The number of carbonyl (C=O) groups excluding carboxylic acids is 1. The Labute approximate surface area is 129 Å². The predicted octanol–water partition coefficient (Wildman–Crippen LogP) is -1.82. The lowest BCUT2D eigenvalue weighted by atomic mass is 9.96. The van der Waals surface area contributed by atoms with Crippen molar-refractivity contribution in [3.63, 3.8) is 0 Å². The zero-order valence-corrected chi connectivity index (χ0v) is 12.6. The highest BCUT2D eigenvalue weighted by Crippen LogP contribution is 2.46. The van der Waals surface area contributed by atoms with Crippen LogP contribution in [0.5, 0.6) is 0 Å². The summed E-state index contributed by atoms with van der Waals surface area (Å²) in [6, 6.07) is -1.61. The summed E-state index contributed by atoms with van der Waals surface area (Å²) in [5, 5.41) is 24.2. The second kappa shape index (κ2) is 4.50. The van der Waals surface area contributed by atoms with E-state index in [0.717, 1.165) is 15.8 Å². The highest BCUT2D eigenvalue weighted by atomic mass is 32.2. The summed E-state index contributed by atoms with van der Waals surface area (Å²) >= 11 is 0. The van der Waals surface area contributed by atoms with Gasteiger partial charge in [0.25, 0.3) is 0 Å². The zero-order chi connectivity index (χ0) is 17.2. The van der Waals surface area contributed by atoms with E-state index < -0.39 is 50.4 Å². The van der Waals surface area contributed by atoms with Gasteiger partial charge < -0.3 is 15.1 Å². The molecule has 1 amide bonds. The number of carbonyl (C=O) groups is 3. The third-order valence-electron chi connectivity index (χ3n) is 4.35. The second-order valence-corrected chi connectivity index (χ2v) is 8.21. The minimum absolute atomic E-state index is 0.273. The molecule has 1 aromatic heterocycles. The first-order chi connectivity index (χ1) is 10.6. The molecule has 12 heteroatoms. The van der Waals surface area contributed by atoms with Gasteiger partial charge in [-0.2, -0.15) is 0 Å². The number of hydrogen-bond acceptors (Lipinski definition) is 7. The van der Waals surface area contributed by atoms with Crippen molar-refractivity contribution in [2.24, 2.45) is 0 Å². The molecule has 0 saturated carbocycles. The van der Waals surface area contributed by atoms with Crippen LogP contribution in [-0.2, 0) is 26.0 Å². The maximum absolute atomic E-state index is 12.7. The van der Waals surface area contributed by atoms with Gasteiger partial charge in [-0.25, -0.2) is 22.7 Å². The normalized spacial score (nSPS) is 31.5. The van der Waals surface area contributed by atoms with E-state index in [2.05, 4.69) is 10.3 Å². The van der Waals surface area contributed by atoms with Crippen molar-refractivity contribution in [1.82, 2.24) is 19.9 Å². The van der Waals surface area contributed by atoms with E-state index in [-0.39, 0.29) is 12.1 Å². The molecule has 0 aliphatic carbocycles. The first-order valence-electron chi connectivity index (χ1n) is 6.50. The number of carboxylic acid groups (broad SMARTS) is 2. The van der Waals surface area contributed by atoms with Gasteiger partial charge in [-0.05, 0) is 6.92 Å². The molecule has 3 rings (SSSR count). The third kappa shape index (κ3) is 1.81. The Morgan fingerprint density at radius 3 is 2.61 bits per heavy atom. The standard InChI is InChI=1S/C11H12N4O7S/c1-11(4-14-5(9(17)18)3-12-13-14)8(10(19)20)15-6(16)2-7(15)23(11,21)22/h3,7-8H,2,4H2,1H3,(H,17,18)(H,19,20)/t7-,8+,11+/m1/s1. The number of amides is 1. The molecule has 3 heterocycles. The number of aromatic nitrogens is 3. The van der Waals surface area contributed by atoms with Gasteiger partial charge in [0.2, 0.25) is 5.91 Å². The molecule has 3 atom stereocenters. The maximum Gasteiger partial charge on any atom is 0.355 e. The Bertz CT molecular complexity index is 831. The van der Waals surface area contributed by atoms with E-state index in [1.807, 2.05) is 0 Å². The number of nitrogens with zero attached hydrogens (tertiary/aromatic N) is 4. The van der Waals surface area contributed by atoms with Crippen LogP contribution in [0.1, 0.15) is 23.8 Å². The molecular weight excluding hydrogens is 332 g/mol. The molecule has 0 spiro atoms. The average molecular weight is 344 g/mol.